The molecular weight excluding hydrogens is 512 g/mol. The van der Waals surface area contributed by atoms with Crippen LogP contribution < -0.4 is 14.4 Å². The molecule has 4 rings (SSSR count). The summed E-state index contributed by atoms with van der Waals surface area (Å²) in [4.78, 5) is 11.3. The molecule has 2 heterocycles. The SMILES string of the molecule is CC(C)N1CCC(CCOc2nc(C#N)nc(NCC3CCC4(CCC4)CC3)c2N(C(C)C)S(C)(=O)=O)CC1. The molecule has 9 nitrogen and oxygen atoms in total. The van der Waals surface area contributed by atoms with Crippen LogP contribution in [0.3, 0.4) is 0 Å². The van der Waals surface area contributed by atoms with Crippen molar-refractivity contribution in [2.45, 2.75) is 104 Å². The molecule has 1 spiro atoms. The molecule has 0 aromatic carbocycles. The number of nitriles is 1. The van der Waals surface area contributed by atoms with Gasteiger partial charge in [-0.1, -0.05) is 6.42 Å². The molecule has 1 saturated heterocycles. The number of ether oxygens (including phenoxy) is 1. The Morgan fingerprint density at radius 1 is 1.08 bits per heavy atom. The predicted octanol–water partition coefficient (Wildman–Crippen LogP) is 5.18. The van der Waals surface area contributed by atoms with Crippen molar-refractivity contribution in [1.82, 2.24) is 14.9 Å². The summed E-state index contributed by atoms with van der Waals surface area (Å²) in [7, 11) is -3.65. The fourth-order valence-corrected chi connectivity index (χ4v) is 7.97. The molecule has 1 N–H and O–H groups in total. The van der Waals surface area contributed by atoms with Crippen molar-refractivity contribution >= 4 is 21.5 Å². The van der Waals surface area contributed by atoms with Crippen LogP contribution in [0.1, 0.15) is 97.7 Å². The van der Waals surface area contributed by atoms with E-state index in [4.69, 9.17) is 4.74 Å². The van der Waals surface area contributed by atoms with E-state index in [-0.39, 0.29) is 17.7 Å². The lowest BCUT2D eigenvalue weighted by Gasteiger charge is -2.47. The first kappa shape index (κ1) is 29.9. The third kappa shape index (κ3) is 7.35. The number of nitrogens with one attached hydrogen (secondary N) is 1. The van der Waals surface area contributed by atoms with Gasteiger partial charge in [-0.25, -0.2) is 8.42 Å². The average Bonchev–Trinajstić information content (AvgIpc) is 2.87. The van der Waals surface area contributed by atoms with Gasteiger partial charge in [-0.05, 0) is 116 Å². The van der Waals surface area contributed by atoms with Gasteiger partial charge in [0.05, 0.1) is 12.9 Å². The van der Waals surface area contributed by atoms with Crippen LogP contribution in [0.25, 0.3) is 0 Å². The second-order valence-corrected chi connectivity index (χ2v) is 14.6. The molecule has 39 heavy (non-hydrogen) atoms. The highest BCUT2D eigenvalue weighted by Crippen LogP contribution is 2.52. The summed E-state index contributed by atoms with van der Waals surface area (Å²) in [6.07, 6.45) is 13.3. The number of hydrogen-bond acceptors (Lipinski definition) is 8. The van der Waals surface area contributed by atoms with Crippen molar-refractivity contribution in [2.24, 2.45) is 17.3 Å². The summed E-state index contributed by atoms with van der Waals surface area (Å²) in [5, 5.41) is 13.1. The zero-order valence-electron chi connectivity index (χ0n) is 24.6. The highest BCUT2D eigenvalue weighted by atomic mass is 32.2. The van der Waals surface area contributed by atoms with Gasteiger partial charge in [0.15, 0.2) is 11.5 Å². The lowest BCUT2D eigenvalue weighted by Crippen LogP contribution is -2.39. The van der Waals surface area contributed by atoms with E-state index in [2.05, 4.69) is 34.0 Å². The summed E-state index contributed by atoms with van der Waals surface area (Å²) >= 11 is 0. The van der Waals surface area contributed by atoms with Gasteiger partial charge >= 0.3 is 0 Å². The minimum Gasteiger partial charge on any atom is -0.476 e. The fraction of sp³-hybridized carbons (Fsp3) is 0.828. The second-order valence-electron chi connectivity index (χ2n) is 12.7. The summed E-state index contributed by atoms with van der Waals surface area (Å²) in [6.45, 7) is 11.4. The van der Waals surface area contributed by atoms with E-state index in [9.17, 15) is 13.7 Å². The largest absolute Gasteiger partial charge is 0.476 e. The van der Waals surface area contributed by atoms with Crippen LogP contribution >= 0.6 is 0 Å². The first-order chi connectivity index (χ1) is 18.5. The third-order valence-corrected chi connectivity index (χ3v) is 10.6. The van der Waals surface area contributed by atoms with Crippen molar-refractivity contribution in [3.8, 4) is 11.9 Å². The minimum absolute atomic E-state index is 0.0178. The van der Waals surface area contributed by atoms with Crippen LogP contribution in [0.5, 0.6) is 5.88 Å². The molecule has 10 heteroatoms. The number of aromatic nitrogens is 2. The number of rotatable bonds is 11. The van der Waals surface area contributed by atoms with Crippen LogP contribution in [-0.2, 0) is 10.0 Å². The van der Waals surface area contributed by atoms with Gasteiger partial charge in [0.25, 0.3) is 0 Å². The molecule has 1 aliphatic heterocycles. The number of hydrogen-bond donors (Lipinski definition) is 1. The van der Waals surface area contributed by atoms with E-state index in [1.54, 1.807) is 0 Å². The molecule has 2 saturated carbocycles. The van der Waals surface area contributed by atoms with E-state index in [0.717, 1.165) is 45.2 Å². The van der Waals surface area contributed by atoms with Crippen molar-refractivity contribution in [2.75, 3.05) is 42.1 Å². The Hall–Kier alpha value is -2.12. The van der Waals surface area contributed by atoms with Crippen LogP contribution in [-0.4, -0.2) is 67.9 Å². The van der Waals surface area contributed by atoms with E-state index >= 15 is 0 Å². The Bertz CT molecular complexity index is 1110. The Morgan fingerprint density at radius 3 is 2.26 bits per heavy atom. The van der Waals surface area contributed by atoms with Crippen molar-refractivity contribution < 1.29 is 13.2 Å². The monoisotopic (exact) mass is 560 g/mol. The lowest BCUT2D eigenvalue weighted by molar-refractivity contribution is 0.0581. The molecule has 1 aromatic heterocycles. The molecule has 0 atom stereocenters. The number of anilines is 2. The van der Waals surface area contributed by atoms with Gasteiger partial charge < -0.3 is 15.0 Å². The highest BCUT2D eigenvalue weighted by molar-refractivity contribution is 7.92. The quantitative estimate of drug-likeness (QED) is 0.394. The summed E-state index contributed by atoms with van der Waals surface area (Å²) < 4.78 is 33.5. The molecule has 0 amide bonds. The molecule has 1 aromatic rings. The molecular formula is C29H48N6O3S. The summed E-state index contributed by atoms with van der Waals surface area (Å²) in [5.74, 6) is 1.57. The van der Waals surface area contributed by atoms with E-state index in [0.29, 0.717) is 47.9 Å². The minimum atomic E-state index is -3.65. The maximum atomic E-state index is 13.0. The van der Waals surface area contributed by atoms with Gasteiger partial charge in [0.1, 0.15) is 6.07 Å². The Morgan fingerprint density at radius 2 is 1.74 bits per heavy atom. The van der Waals surface area contributed by atoms with Gasteiger partial charge in [0.2, 0.25) is 21.7 Å². The van der Waals surface area contributed by atoms with Gasteiger partial charge in [-0.15, -0.1) is 0 Å². The number of likely N-dealkylation sites (tertiary alicyclic amines) is 1. The normalized spacial score (nSPS) is 20.7. The van der Waals surface area contributed by atoms with Crippen LogP contribution in [0.15, 0.2) is 0 Å². The first-order valence-corrected chi connectivity index (χ1v) is 16.8. The molecule has 2 aliphatic carbocycles. The Balaban J connectivity index is 1.51. The fourth-order valence-electron chi connectivity index (χ4n) is 6.71. The standard InChI is InChI=1S/C29H48N6O3S/c1-21(2)34-16-9-23(10-17-34)11-18-38-28-26(35(22(3)4)39(5,36)37)27(32-25(19-30)33-28)31-20-24-7-14-29(15-8-24)12-6-13-29/h21-24H,6-18,20H2,1-5H3,(H,31,32,33). The topological polar surface area (TPSA) is 111 Å². The Labute approximate surface area is 235 Å². The molecule has 0 unspecified atom stereocenters. The molecule has 0 bridgehead atoms. The second kappa shape index (κ2) is 12.6. The van der Waals surface area contributed by atoms with Gasteiger partial charge in [-0.3, -0.25) is 4.31 Å². The van der Waals surface area contributed by atoms with E-state index in [1.807, 2.05) is 19.9 Å². The Kier molecular flexibility index (Phi) is 9.64. The van der Waals surface area contributed by atoms with Crippen LogP contribution in [0.4, 0.5) is 11.5 Å². The van der Waals surface area contributed by atoms with Crippen molar-refractivity contribution in [3.05, 3.63) is 5.82 Å². The van der Waals surface area contributed by atoms with Crippen molar-refractivity contribution in [1.29, 1.82) is 5.26 Å². The zero-order chi connectivity index (χ0) is 28.2. The molecule has 218 valence electrons. The smallest absolute Gasteiger partial charge is 0.245 e. The van der Waals surface area contributed by atoms with Crippen LogP contribution in [0, 0.1) is 28.6 Å². The molecule has 3 fully saturated rings. The molecule has 3 aliphatic rings. The molecule has 0 radical (unpaired) electrons. The van der Waals surface area contributed by atoms with E-state index < -0.39 is 10.0 Å². The highest BCUT2D eigenvalue weighted by Gasteiger charge is 2.40. The lowest BCUT2D eigenvalue weighted by atomic mass is 9.59. The number of nitrogens with zero attached hydrogens (tertiary/aromatic N) is 5. The van der Waals surface area contributed by atoms with Gasteiger partial charge in [-0.2, -0.15) is 15.2 Å². The predicted molar refractivity (Wildman–Crippen MR) is 155 cm³/mol. The summed E-state index contributed by atoms with van der Waals surface area (Å²) in [5.41, 5.74) is 0.897. The maximum Gasteiger partial charge on any atom is 0.245 e. The number of sulfonamides is 1. The first-order valence-electron chi connectivity index (χ1n) is 14.9. The van der Waals surface area contributed by atoms with Gasteiger partial charge in [0, 0.05) is 18.6 Å². The third-order valence-electron chi connectivity index (χ3n) is 9.28. The average molecular weight is 561 g/mol. The van der Waals surface area contributed by atoms with E-state index in [1.165, 1.54) is 42.7 Å². The number of piperidine rings is 1. The maximum absolute atomic E-state index is 13.0. The summed E-state index contributed by atoms with van der Waals surface area (Å²) in [6, 6.07) is 2.24. The zero-order valence-corrected chi connectivity index (χ0v) is 25.4. The van der Waals surface area contributed by atoms with Crippen LogP contribution in [0.2, 0.25) is 0 Å². The van der Waals surface area contributed by atoms with Crippen molar-refractivity contribution in [3.63, 3.8) is 0 Å².